The monoisotopic (exact) mass is 405 g/mol. The highest BCUT2D eigenvalue weighted by Gasteiger charge is 2.26. The lowest BCUT2D eigenvalue weighted by atomic mass is 10.1. The number of aromatic amines is 1. The van der Waals surface area contributed by atoms with E-state index in [1.807, 2.05) is 19.2 Å². The molecule has 1 aliphatic heterocycles. The lowest BCUT2D eigenvalue weighted by molar-refractivity contribution is 0.331. The molecule has 0 aromatic carbocycles. The highest BCUT2D eigenvalue weighted by atomic mass is 32.2. The standard InChI is InChI=1S/C17H23N7O3S/c1-3-27-15-14(12-10-18-19-11-12)6-9-24-16(15)21-17(22-24)20-13-4-7-23(8-5-13)28(2,25)26/h6,9-11,13H,3-5,7-8H2,1-2H3,(H,18,19)(H,20,22). The normalized spacial score (nSPS) is 16.5. The van der Waals surface area contributed by atoms with Gasteiger partial charge >= 0.3 is 0 Å². The van der Waals surface area contributed by atoms with E-state index in [1.165, 1.54) is 10.6 Å². The Morgan fingerprint density at radius 3 is 2.79 bits per heavy atom. The summed E-state index contributed by atoms with van der Waals surface area (Å²) in [6.07, 6.45) is 8.04. The molecule has 2 N–H and O–H groups in total. The van der Waals surface area contributed by atoms with Crippen molar-refractivity contribution < 1.29 is 13.2 Å². The van der Waals surface area contributed by atoms with Crippen LogP contribution in [0, 0.1) is 0 Å². The number of nitrogens with one attached hydrogen (secondary N) is 2. The Bertz CT molecular complexity index is 1050. The first-order valence-corrected chi connectivity index (χ1v) is 11.0. The molecule has 3 aromatic heterocycles. The molecule has 1 saturated heterocycles. The van der Waals surface area contributed by atoms with Crippen molar-refractivity contribution in [2.24, 2.45) is 0 Å². The second-order valence-corrected chi connectivity index (χ2v) is 8.75. The quantitative estimate of drug-likeness (QED) is 0.636. The predicted molar refractivity (Wildman–Crippen MR) is 105 cm³/mol. The number of rotatable bonds is 6. The number of hydrogen-bond acceptors (Lipinski definition) is 7. The van der Waals surface area contributed by atoms with Crippen molar-refractivity contribution in [1.82, 2.24) is 29.1 Å². The number of ether oxygens (including phenoxy) is 1. The Morgan fingerprint density at radius 1 is 1.36 bits per heavy atom. The van der Waals surface area contributed by atoms with Gasteiger partial charge in [0.15, 0.2) is 11.4 Å². The van der Waals surface area contributed by atoms with E-state index >= 15 is 0 Å². The molecule has 3 aromatic rings. The summed E-state index contributed by atoms with van der Waals surface area (Å²) in [5.41, 5.74) is 2.43. The minimum absolute atomic E-state index is 0.124. The van der Waals surface area contributed by atoms with Gasteiger partial charge in [-0.3, -0.25) is 5.10 Å². The zero-order valence-corrected chi connectivity index (χ0v) is 16.6. The molecule has 10 nitrogen and oxygen atoms in total. The first-order chi connectivity index (χ1) is 13.5. The van der Waals surface area contributed by atoms with Crippen molar-refractivity contribution in [1.29, 1.82) is 0 Å². The molecule has 28 heavy (non-hydrogen) atoms. The third-order valence-electron chi connectivity index (χ3n) is 4.82. The average Bonchev–Trinajstić information content (AvgIpc) is 3.31. The molecule has 0 spiro atoms. The topological polar surface area (TPSA) is 118 Å². The van der Waals surface area contributed by atoms with Crippen LogP contribution < -0.4 is 10.1 Å². The highest BCUT2D eigenvalue weighted by Crippen LogP contribution is 2.33. The summed E-state index contributed by atoms with van der Waals surface area (Å²) in [6.45, 7) is 3.43. The van der Waals surface area contributed by atoms with E-state index in [2.05, 4.69) is 25.6 Å². The SMILES string of the molecule is CCOc1c(-c2cn[nH]c2)ccn2nc(NC3CCN(S(C)(=O)=O)CC3)nc12. The van der Waals surface area contributed by atoms with Crippen LogP contribution in [0.15, 0.2) is 24.7 Å². The number of hydrogen-bond donors (Lipinski definition) is 2. The van der Waals surface area contributed by atoms with E-state index < -0.39 is 10.0 Å². The minimum Gasteiger partial charge on any atom is -0.489 e. The Kier molecular flexibility index (Phi) is 4.94. The van der Waals surface area contributed by atoms with Crippen LogP contribution in [-0.2, 0) is 10.0 Å². The van der Waals surface area contributed by atoms with Gasteiger partial charge in [-0.15, -0.1) is 5.10 Å². The van der Waals surface area contributed by atoms with Gasteiger partial charge in [0.2, 0.25) is 16.0 Å². The lowest BCUT2D eigenvalue weighted by Gasteiger charge is -2.30. The van der Waals surface area contributed by atoms with E-state index in [0.29, 0.717) is 49.9 Å². The predicted octanol–water partition coefficient (Wildman–Crippen LogP) is 1.35. The van der Waals surface area contributed by atoms with Crippen LogP contribution >= 0.6 is 0 Å². The summed E-state index contributed by atoms with van der Waals surface area (Å²) in [4.78, 5) is 4.62. The van der Waals surface area contributed by atoms with Crippen molar-refractivity contribution in [3.05, 3.63) is 24.7 Å². The maximum atomic E-state index is 11.7. The summed E-state index contributed by atoms with van der Waals surface area (Å²) >= 11 is 0. The molecule has 0 unspecified atom stereocenters. The third kappa shape index (κ3) is 3.67. The van der Waals surface area contributed by atoms with Gasteiger partial charge in [-0.05, 0) is 25.8 Å². The summed E-state index contributed by atoms with van der Waals surface area (Å²) in [5.74, 6) is 1.15. The number of piperidine rings is 1. The fourth-order valence-electron chi connectivity index (χ4n) is 3.41. The fourth-order valence-corrected chi connectivity index (χ4v) is 4.29. The van der Waals surface area contributed by atoms with E-state index in [9.17, 15) is 8.42 Å². The molecule has 0 saturated carbocycles. The van der Waals surface area contributed by atoms with Crippen molar-refractivity contribution in [3.8, 4) is 16.9 Å². The molecule has 0 radical (unpaired) electrons. The van der Waals surface area contributed by atoms with Crippen LogP contribution in [0.1, 0.15) is 19.8 Å². The van der Waals surface area contributed by atoms with Crippen LogP contribution in [0.25, 0.3) is 16.8 Å². The Hall–Kier alpha value is -2.66. The average molecular weight is 405 g/mol. The second kappa shape index (κ2) is 7.40. The van der Waals surface area contributed by atoms with Crippen molar-refractivity contribution in [3.63, 3.8) is 0 Å². The fraction of sp³-hybridized carbons (Fsp3) is 0.471. The molecule has 150 valence electrons. The third-order valence-corrected chi connectivity index (χ3v) is 6.12. The van der Waals surface area contributed by atoms with E-state index in [0.717, 1.165) is 11.1 Å². The van der Waals surface area contributed by atoms with Crippen LogP contribution in [-0.4, -0.2) is 69.5 Å². The second-order valence-electron chi connectivity index (χ2n) is 6.76. The Labute approximate surface area is 163 Å². The van der Waals surface area contributed by atoms with Crippen LogP contribution in [0.4, 0.5) is 5.95 Å². The van der Waals surface area contributed by atoms with Gasteiger partial charge in [0.25, 0.3) is 0 Å². The van der Waals surface area contributed by atoms with Crippen molar-refractivity contribution in [2.45, 2.75) is 25.8 Å². The zero-order valence-electron chi connectivity index (χ0n) is 15.8. The number of aromatic nitrogens is 5. The molecule has 0 amide bonds. The van der Waals surface area contributed by atoms with Gasteiger partial charge < -0.3 is 10.1 Å². The first-order valence-electron chi connectivity index (χ1n) is 9.18. The van der Waals surface area contributed by atoms with Gasteiger partial charge in [0.1, 0.15) is 0 Å². The van der Waals surface area contributed by atoms with Gasteiger partial charge in [-0.25, -0.2) is 17.2 Å². The Balaban J connectivity index is 1.57. The molecule has 0 bridgehead atoms. The van der Waals surface area contributed by atoms with Gasteiger partial charge in [0.05, 0.1) is 19.1 Å². The summed E-state index contributed by atoms with van der Waals surface area (Å²) in [5, 5.41) is 14.6. The van der Waals surface area contributed by atoms with Gasteiger partial charge in [-0.1, -0.05) is 0 Å². The smallest absolute Gasteiger partial charge is 0.243 e. The zero-order chi connectivity index (χ0) is 19.7. The van der Waals surface area contributed by atoms with E-state index in [4.69, 9.17) is 4.74 Å². The van der Waals surface area contributed by atoms with Gasteiger partial charge in [0, 0.05) is 42.7 Å². The minimum atomic E-state index is -3.13. The number of sulfonamides is 1. The number of nitrogens with zero attached hydrogens (tertiary/aromatic N) is 5. The molecule has 0 aliphatic carbocycles. The summed E-state index contributed by atoms with van der Waals surface area (Å²) < 4.78 is 32.4. The number of H-pyrrole nitrogens is 1. The van der Waals surface area contributed by atoms with Crippen molar-refractivity contribution in [2.75, 3.05) is 31.3 Å². The number of anilines is 1. The summed E-state index contributed by atoms with van der Waals surface area (Å²) in [6, 6.07) is 2.05. The maximum absolute atomic E-state index is 11.7. The largest absolute Gasteiger partial charge is 0.489 e. The molecule has 0 atom stereocenters. The van der Waals surface area contributed by atoms with Gasteiger partial charge in [-0.2, -0.15) is 10.1 Å². The van der Waals surface area contributed by atoms with Crippen LogP contribution in [0.3, 0.4) is 0 Å². The number of fused-ring (bicyclic) bond motifs is 1. The molecule has 4 rings (SSSR count). The van der Waals surface area contributed by atoms with Crippen molar-refractivity contribution >= 4 is 21.6 Å². The first kappa shape index (κ1) is 18.7. The number of pyridine rings is 1. The molecule has 1 aliphatic rings. The summed E-state index contributed by atoms with van der Waals surface area (Å²) in [7, 11) is -3.13. The van der Waals surface area contributed by atoms with Crippen LogP contribution in [0.2, 0.25) is 0 Å². The lowest BCUT2D eigenvalue weighted by Crippen LogP contribution is -2.41. The highest BCUT2D eigenvalue weighted by molar-refractivity contribution is 7.88. The molecule has 1 fully saturated rings. The molecular weight excluding hydrogens is 382 g/mol. The molecule has 4 heterocycles. The molecular formula is C17H23N7O3S. The van der Waals surface area contributed by atoms with Crippen LogP contribution in [0.5, 0.6) is 5.75 Å². The van der Waals surface area contributed by atoms with E-state index in [-0.39, 0.29) is 6.04 Å². The Morgan fingerprint density at radius 2 is 2.14 bits per heavy atom. The van der Waals surface area contributed by atoms with E-state index in [1.54, 1.807) is 16.9 Å². The maximum Gasteiger partial charge on any atom is 0.243 e. The molecule has 11 heteroatoms.